The van der Waals surface area contributed by atoms with Crippen LogP contribution in [0.1, 0.15) is 13.8 Å². The van der Waals surface area contributed by atoms with E-state index in [1.165, 1.54) is 4.68 Å². The average Bonchev–Trinajstić information content (AvgIpc) is 3.00. The zero-order valence-corrected chi connectivity index (χ0v) is 13.9. The van der Waals surface area contributed by atoms with Gasteiger partial charge < -0.3 is 5.32 Å². The minimum Gasteiger partial charge on any atom is -0.362 e. The van der Waals surface area contributed by atoms with Crippen LogP contribution in [0.2, 0.25) is 0 Å². The number of hydrogen-bond acceptors (Lipinski definition) is 5. The Morgan fingerprint density at radius 2 is 1.91 bits per heavy atom. The molecule has 0 amide bonds. The number of benzene rings is 1. The molecule has 23 heavy (non-hydrogen) atoms. The summed E-state index contributed by atoms with van der Waals surface area (Å²) >= 11 is 1.56. The molecule has 0 spiro atoms. The molecule has 0 radical (unpaired) electrons. The third-order valence-electron chi connectivity index (χ3n) is 3.40. The van der Waals surface area contributed by atoms with E-state index in [0.717, 1.165) is 33.5 Å². The monoisotopic (exact) mass is 326 g/mol. The van der Waals surface area contributed by atoms with E-state index < -0.39 is 0 Å². The lowest BCUT2D eigenvalue weighted by Gasteiger charge is -2.05. The zero-order chi connectivity index (χ0) is 16.2. The molecule has 5 nitrogen and oxygen atoms in total. The Morgan fingerprint density at radius 1 is 1.13 bits per heavy atom. The van der Waals surface area contributed by atoms with E-state index >= 15 is 0 Å². The Kier molecular flexibility index (Phi) is 4.52. The molecule has 0 aliphatic heterocycles. The first kappa shape index (κ1) is 15.4. The quantitative estimate of drug-likeness (QED) is 0.780. The molecule has 118 valence electrons. The SMILES string of the molecule is CCNc1nc(-c2ccccc2)c(-c2ccc(=O)n(CC)n2)s1. The fourth-order valence-corrected chi connectivity index (χ4v) is 3.33. The van der Waals surface area contributed by atoms with Gasteiger partial charge in [0, 0.05) is 24.7 Å². The number of hydrogen-bond donors (Lipinski definition) is 1. The summed E-state index contributed by atoms with van der Waals surface area (Å²) in [5, 5.41) is 8.59. The van der Waals surface area contributed by atoms with E-state index in [1.807, 2.05) is 44.2 Å². The Morgan fingerprint density at radius 3 is 2.61 bits per heavy atom. The molecule has 3 rings (SSSR count). The van der Waals surface area contributed by atoms with Crippen LogP contribution in [-0.2, 0) is 6.54 Å². The number of rotatable bonds is 5. The Labute approximate surface area is 138 Å². The van der Waals surface area contributed by atoms with E-state index in [1.54, 1.807) is 23.5 Å². The van der Waals surface area contributed by atoms with Crippen LogP contribution >= 0.6 is 11.3 Å². The third kappa shape index (κ3) is 3.17. The summed E-state index contributed by atoms with van der Waals surface area (Å²) in [4.78, 5) is 17.4. The van der Waals surface area contributed by atoms with Gasteiger partial charge in [0.15, 0.2) is 5.13 Å². The van der Waals surface area contributed by atoms with Crippen LogP contribution in [-0.4, -0.2) is 21.3 Å². The van der Waals surface area contributed by atoms with E-state index in [9.17, 15) is 4.79 Å². The van der Waals surface area contributed by atoms with Gasteiger partial charge in [-0.15, -0.1) is 0 Å². The molecule has 0 aliphatic rings. The summed E-state index contributed by atoms with van der Waals surface area (Å²) in [7, 11) is 0. The maximum absolute atomic E-state index is 11.8. The number of anilines is 1. The van der Waals surface area contributed by atoms with Crippen molar-refractivity contribution in [1.29, 1.82) is 0 Å². The van der Waals surface area contributed by atoms with Gasteiger partial charge in [-0.3, -0.25) is 4.79 Å². The highest BCUT2D eigenvalue weighted by Crippen LogP contribution is 2.37. The molecular formula is C17H18N4OS. The lowest BCUT2D eigenvalue weighted by Crippen LogP contribution is -2.20. The fourth-order valence-electron chi connectivity index (χ4n) is 2.31. The molecule has 0 bridgehead atoms. The van der Waals surface area contributed by atoms with Crippen molar-refractivity contribution >= 4 is 16.5 Å². The molecule has 2 aromatic heterocycles. The maximum Gasteiger partial charge on any atom is 0.266 e. The first-order chi connectivity index (χ1) is 11.2. The first-order valence-electron chi connectivity index (χ1n) is 7.61. The summed E-state index contributed by atoms with van der Waals surface area (Å²) in [6.45, 7) is 5.31. The molecular weight excluding hydrogens is 308 g/mol. The molecule has 0 saturated heterocycles. The van der Waals surface area contributed by atoms with Gasteiger partial charge >= 0.3 is 0 Å². The predicted octanol–water partition coefficient (Wildman–Crippen LogP) is 3.49. The summed E-state index contributed by atoms with van der Waals surface area (Å²) in [6, 6.07) is 13.4. The highest BCUT2D eigenvalue weighted by Gasteiger charge is 2.16. The lowest BCUT2D eigenvalue weighted by molar-refractivity contribution is 0.619. The molecule has 1 N–H and O–H groups in total. The topological polar surface area (TPSA) is 59.8 Å². The Bertz CT molecular complexity index is 855. The predicted molar refractivity (Wildman–Crippen MR) is 94.9 cm³/mol. The van der Waals surface area contributed by atoms with Crippen LogP contribution in [0.4, 0.5) is 5.13 Å². The number of aromatic nitrogens is 3. The van der Waals surface area contributed by atoms with Crippen LogP contribution in [0.5, 0.6) is 0 Å². The largest absolute Gasteiger partial charge is 0.362 e. The summed E-state index contributed by atoms with van der Waals surface area (Å²) < 4.78 is 1.47. The van der Waals surface area contributed by atoms with Crippen LogP contribution in [0.15, 0.2) is 47.3 Å². The second kappa shape index (κ2) is 6.75. The highest BCUT2D eigenvalue weighted by molar-refractivity contribution is 7.19. The number of nitrogens with one attached hydrogen (secondary N) is 1. The fraction of sp³-hybridized carbons (Fsp3) is 0.235. The van der Waals surface area contributed by atoms with Gasteiger partial charge in [-0.1, -0.05) is 41.7 Å². The van der Waals surface area contributed by atoms with Crippen LogP contribution < -0.4 is 10.9 Å². The highest BCUT2D eigenvalue weighted by atomic mass is 32.1. The lowest BCUT2D eigenvalue weighted by atomic mass is 10.1. The van der Waals surface area contributed by atoms with Gasteiger partial charge in [-0.25, -0.2) is 9.67 Å². The van der Waals surface area contributed by atoms with Crippen LogP contribution in [0, 0.1) is 0 Å². The molecule has 2 heterocycles. The minimum absolute atomic E-state index is 0.0890. The average molecular weight is 326 g/mol. The van der Waals surface area contributed by atoms with E-state index in [-0.39, 0.29) is 5.56 Å². The van der Waals surface area contributed by atoms with Crippen molar-refractivity contribution in [3.63, 3.8) is 0 Å². The first-order valence-corrected chi connectivity index (χ1v) is 8.43. The van der Waals surface area contributed by atoms with Gasteiger partial charge in [-0.05, 0) is 19.9 Å². The molecule has 0 atom stereocenters. The Balaban J connectivity index is 2.16. The van der Waals surface area contributed by atoms with Crippen molar-refractivity contribution in [2.75, 3.05) is 11.9 Å². The maximum atomic E-state index is 11.8. The number of aryl methyl sites for hydroxylation is 1. The standard InChI is InChI=1S/C17H18N4OS/c1-3-18-17-19-15(12-8-6-5-7-9-12)16(23-17)13-10-11-14(22)21(4-2)20-13/h5-11H,3-4H2,1-2H3,(H,18,19). The smallest absolute Gasteiger partial charge is 0.266 e. The van der Waals surface area contributed by atoms with Crippen molar-refractivity contribution in [2.24, 2.45) is 0 Å². The van der Waals surface area contributed by atoms with Crippen LogP contribution in [0.25, 0.3) is 21.8 Å². The van der Waals surface area contributed by atoms with E-state index in [4.69, 9.17) is 4.98 Å². The summed E-state index contributed by atoms with van der Waals surface area (Å²) in [5.74, 6) is 0. The van der Waals surface area contributed by atoms with Crippen molar-refractivity contribution < 1.29 is 0 Å². The molecule has 0 unspecified atom stereocenters. The number of thiazole rings is 1. The van der Waals surface area contributed by atoms with Gasteiger partial charge in [0.05, 0.1) is 10.6 Å². The molecule has 3 aromatic rings. The molecule has 0 aliphatic carbocycles. The van der Waals surface area contributed by atoms with Gasteiger partial charge in [0.2, 0.25) is 0 Å². The molecule has 6 heteroatoms. The van der Waals surface area contributed by atoms with Crippen molar-refractivity contribution in [3.8, 4) is 21.8 Å². The van der Waals surface area contributed by atoms with Gasteiger partial charge in [-0.2, -0.15) is 5.10 Å². The van der Waals surface area contributed by atoms with Crippen molar-refractivity contribution in [1.82, 2.24) is 14.8 Å². The van der Waals surface area contributed by atoms with Crippen molar-refractivity contribution in [2.45, 2.75) is 20.4 Å². The molecule has 0 fully saturated rings. The second-order valence-corrected chi connectivity index (χ2v) is 5.96. The summed E-state index contributed by atoms with van der Waals surface area (Å²) in [5.41, 5.74) is 2.61. The normalized spacial score (nSPS) is 10.7. The third-order valence-corrected chi connectivity index (χ3v) is 4.44. The van der Waals surface area contributed by atoms with Gasteiger partial charge in [0.25, 0.3) is 5.56 Å². The second-order valence-electron chi connectivity index (χ2n) is 4.97. The Hall–Kier alpha value is -2.47. The summed E-state index contributed by atoms with van der Waals surface area (Å²) in [6.07, 6.45) is 0. The van der Waals surface area contributed by atoms with Gasteiger partial charge in [0.1, 0.15) is 5.69 Å². The number of nitrogens with zero attached hydrogens (tertiary/aromatic N) is 3. The zero-order valence-electron chi connectivity index (χ0n) is 13.1. The molecule has 0 saturated carbocycles. The van der Waals surface area contributed by atoms with E-state index in [0.29, 0.717) is 6.54 Å². The minimum atomic E-state index is -0.0890. The van der Waals surface area contributed by atoms with E-state index in [2.05, 4.69) is 10.4 Å². The van der Waals surface area contributed by atoms with Crippen LogP contribution in [0.3, 0.4) is 0 Å². The molecule has 1 aromatic carbocycles. The van der Waals surface area contributed by atoms with Crippen molar-refractivity contribution in [3.05, 3.63) is 52.8 Å².